The molecule has 1 saturated heterocycles. The Morgan fingerprint density at radius 2 is 2.14 bits per heavy atom. The molecule has 21 heavy (non-hydrogen) atoms. The molecule has 1 aromatic rings. The number of piperidine rings is 1. The average molecular weight is 313 g/mol. The third-order valence-corrected chi connectivity index (χ3v) is 3.77. The summed E-state index contributed by atoms with van der Waals surface area (Å²) in [4.78, 5) is 34.9. The number of benzene rings is 1. The SMILES string of the molecule is O=C(O)[C@@H]1CCCN(C(=O)c2ccc(Cl)c([N+](=O)[O-])c2)C1. The van der Waals surface area contributed by atoms with Crippen LogP contribution in [0.4, 0.5) is 5.69 Å². The van der Waals surface area contributed by atoms with Crippen LogP contribution in [0.25, 0.3) is 0 Å². The number of halogens is 1. The van der Waals surface area contributed by atoms with Crippen LogP contribution >= 0.6 is 11.6 Å². The summed E-state index contributed by atoms with van der Waals surface area (Å²) in [6.45, 7) is 0.559. The van der Waals surface area contributed by atoms with Crippen LogP contribution in [0, 0.1) is 16.0 Å². The summed E-state index contributed by atoms with van der Waals surface area (Å²) >= 11 is 5.70. The first-order valence-corrected chi connectivity index (χ1v) is 6.74. The fourth-order valence-corrected chi connectivity index (χ4v) is 2.52. The van der Waals surface area contributed by atoms with Gasteiger partial charge >= 0.3 is 5.97 Å². The van der Waals surface area contributed by atoms with Gasteiger partial charge < -0.3 is 10.0 Å². The van der Waals surface area contributed by atoms with Crippen LogP contribution in [-0.4, -0.2) is 39.9 Å². The van der Waals surface area contributed by atoms with E-state index in [-0.39, 0.29) is 22.8 Å². The molecule has 1 amide bonds. The summed E-state index contributed by atoms with van der Waals surface area (Å²) in [5, 5.41) is 19.8. The van der Waals surface area contributed by atoms with Gasteiger partial charge in [-0.05, 0) is 25.0 Å². The Hall–Kier alpha value is -2.15. The van der Waals surface area contributed by atoms with Crippen LogP contribution in [-0.2, 0) is 4.79 Å². The first-order valence-electron chi connectivity index (χ1n) is 6.36. The van der Waals surface area contributed by atoms with E-state index in [9.17, 15) is 19.7 Å². The Balaban J connectivity index is 2.22. The second-order valence-electron chi connectivity index (χ2n) is 4.85. The molecule has 1 aliphatic heterocycles. The maximum absolute atomic E-state index is 12.3. The number of hydrogen-bond donors (Lipinski definition) is 1. The van der Waals surface area contributed by atoms with Crippen molar-refractivity contribution < 1.29 is 19.6 Å². The van der Waals surface area contributed by atoms with E-state index in [1.165, 1.54) is 17.0 Å². The van der Waals surface area contributed by atoms with Crippen LogP contribution < -0.4 is 0 Å². The molecule has 1 N–H and O–H groups in total. The monoisotopic (exact) mass is 312 g/mol. The zero-order valence-corrected chi connectivity index (χ0v) is 11.7. The van der Waals surface area contributed by atoms with Gasteiger partial charge in [-0.2, -0.15) is 0 Å². The van der Waals surface area contributed by atoms with Crippen molar-refractivity contribution in [2.75, 3.05) is 13.1 Å². The van der Waals surface area contributed by atoms with E-state index in [1.54, 1.807) is 0 Å². The van der Waals surface area contributed by atoms with E-state index >= 15 is 0 Å². The van der Waals surface area contributed by atoms with Gasteiger partial charge in [0.05, 0.1) is 10.8 Å². The fraction of sp³-hybridized carbons (Fsp3) is 0.385. The van der Waals surface area contributed by atoms with Crippen molar-refractivity contribution in [3.05, 3.63) is 38.9 Å². The minimum absolute atomic E-state index is 0.0430. The third-order valence-electron chi connectivity index (χ3n) is 3.45. The lowest BCUT2D eigenvalue weighted by Gasteiger charge is -2.30. The van der Waals surface area contributed by atoms with Gasteiger partial charge in [0.25, 0.3) is 11.6 Å². The molecule has 0 spiro atoms. The Kier molecular flexibility index (Phi) is 4.42. The number of rotatable bonds is 3. The van der Waals surface area contributed by atoms with Gasteiger partial charge in [0.15, 0.2) is 0 Å². The first-order chi connectivity index (χ1) is 9.90. The topological polar surface area (TPSA) is 101 Å². The van der Waals surface area contributed by atoms with E-state index < -0.39 is 22.7 Å². The molecule has 0 bridgehead atoms. The highest BCUT2D eigenvalue weighted by atomic mass is 35.5. The van der Waals surface area contributed by atoms with Gasteiger partial charge in [-0.15, -0.1) is 0 Å². The molecule has 0 radical (unpaired) electrons. The van der Waals surface area contributed by atoms with Crippen molar-refractivity contribution in [2.24, 2.45) is 5.92 Å². The normalized spacial score (nSPS) is 18.3. The Morgan fingerprint density at radius 3 is 2.76 bits per heavy atom. The van der Waals surface area contributed by atoms with E-state index in [2.05, 4.69) is 0 Å². The molecule has 8 heteroatoms. The molecule has 7 nitrogen and oxygen atoms in total. The van der Waals surface area contributed by atoms with E-state index in [4.69, 9.17) is 16.7 Å². The first kappa shape index (κ1) is 15.2. The number of carbonyl (C=O) groups is 2. The highest BCUT2D eigenvalue weighted by Gasteiger charge is 2.29. The number of nitro benzene ring substituents is 1. The molecule has 2 rings (SSSR count). The van der Waals surface area contributed by atoms with Crippen molar-refractivity contribution >= 4 is 29.2 Å². The van der Waals surface area contributed by atoms with E-state index in [1.807, 2.05) is 0 Å². The van der Waals surface area contributed by atoms with Gasteiger partial charge in [-0.1, -0.05) is 11.6 Å². The number of carbonyl (C=O) groups excluding carboxylic acids is 1. The summed E-state index contributed by atoms with van der Waals surface area (Å²) in [5.74, 6) is -1.94. The summed E-state index contributed by atoms with van der Waals surface area (Å²) in [6, 6.07) is 3.82. The highest BCUT2D eigenvalue weighted by Crippen LogP contribution is 2.26. The molecule has 1 aliphatic rings. The molecular formula is C13H13ClN2O5. The lowest BCUT2D eigenvalue weighted by molar-refractivity contribution is -0.384. The molecule has 0 aliphatic carbocycles. The van der Waals surface area contributed by atoms with Crippen molar-refractivity contribution in [1.82, 2.24) is 4.90 Å². The Morgan fingerprint density at radius 1 is 1.43 bits per heavy atom. The van der Waals surface area contributed by atoms with E-state index in [0.29, 0.717) is 19.4 Å². The Bertz CT molecular complexity index is 604. The van der Waals surface area contributed by atoms with Crippen LogP contribution in [0.15, 0.2) is 18.2 Å². The Labute approximate surface area is 125 Å². The smallest absolute Gasteiger partial charge is 0.308 e. The number of nitro groups is 1. The second-order valence-corrected chi connectivity index (χ2v) is 5.26. The average Bonchev–Trinajstić information content (AvgIpc) is 2.46. The van der Waals surface area contributed by atoms with Crippen LogP contribution in [0.2, 0.25) is 5.02 Å². The minimum Gasteiger partial charge on any atom is -0.481 e. The predicted octanol–water partition coefficient (Wildman–Crippen LogP) is 2.19. The number of nitrogens with zero attached hydrogens (tertiary/aromatic N) is 2. The van der Waals surface area contributed by atoms with E-state index in [0.717, 1.165) is 6.07 Å². The number of carboxylic acid groups (broad SMARTS) is 1. The number of hydrogen-bond acceptors (Lipinski definition) is 4. The van der Waals surface area contributed by atoms with Crippen molar-refractivity contribution in [3.8, 4) is 0 Å². The molecular weight excluding hydrogens is 300 g/mol. The molecule has 1 fully saturated rings. The fourth-order valence-electron chi connectivity index (χ4n) is 2.33. The standard InChI is InChI=1S/C13H13ClN2O5/c14-10-4-3-8(6-11(10)16(20)21)12(17)15-5-1-2-9(7-15)13(18)19/h3-4,6,9H,1-2,5,7H2,(H,18,19)/t9-/m1/s1. The van der Waals surface area contributed by atoms with Gasteiger partial charge in [0, 0.05) is 24.7 Å². The summed E-state index contributed by atoms with van der Waals surface area (Å²) < 4.78 is 0. The molecule has 0 aromatic heterocycles. The number of likely N-dealkylation sites (tertiary alicyclic amines) is 1. The lowest BCUT2D eigenvalue weighted by Crippen LogP contribution is -2.42. The highest BCUT2D eigenvalue weighted by molar-refractivity contribution is 6.32. The maximum Gasteiger partial charge on any atom is 0.308 e. The zero-order chi connectivity index (χ0) is 15.6. The summed E-state index contributed by atoms with van der Waals surface area (Å²) in [5.41, 5.74) is -0.202. The molecule has 0 saturated carbocycles. The minimum atomic E-state index is -0.936. The molecule has 0 unspecified atom stereocenters. The molecule has 1 aromatic carbocycles. The summed E-state index contributed by atoms with van der Waals surface area (Å²) in [6.07, 6.45) is 1.12. The van der Waals surface area contributed by atoms with Gasteiger partial charge in [-0.3, -0.25) is 19.7 Å². The number of aliphatic carboxylic acids is 1. The van der Waals surface area contributed by atoms with Crippen molar-refractivity contribution in [1.29, 1.82) is 0 Å². The predicted molar refractivity (Wildman–Crippen MR) is 74.4 cm³/mol. The quantitative estimate of drug-likeness (QED) is 0.681. The van der Waals surface area contributed by atoms with Crippen LogP contribution in [0.3, 0.4) is 0 Å². The van der Waals surface area contributed by atoms with Crippen molar-refractivity contribution in [2.45, 2.75) is 12.8 Å². The lowest BCUT2D eigenvalue weighted by atomic mass is 9.97. The van der Waals surface area contributed by atoms with Crippen LogP contribution in [0.1, 0.15) is 23.2 Å². The molecule has 1 heterocycles. The largest absolute Gasteiger partial charge is 0.481 e. The molecule has 112 valence electrons. The van der Waals surface area contributed by atoms with Gasteiger partial charge in [0.2, 0.25) is 0 Å². The maximum atomic E-state index is 12.3. The van der Waals surface area contributed by atoms with Crippen LogP contribution in [0.5, 0.6) is 0 Å². The van der Waals surface area contributed by atoms with Crippen molar-refractivity contribution in [3.63, 3.8) is 0 Å². The second kappa shape index (κ2) is 6.09. The number of amides is 1. The van der Waals surface area contributed by atoms with Gasteiger partial charge in [-0.25, -0.2) is 0 Å². The zero-order valence-electron chi connectivity index (χ0n) is 11.0. The number of carboxylic acids is 1. The molecule has 1 atom stereocenters. The summed E-state index contributed by atoms with van der Waals surface area (Å²) in [7, 11) is 0. The van der Waals surface area contributed by atoms with Gasteiger partial charge in [0.1, 0.15) is 5.02 Å². The third kappa shape index (κ3) is 3.30.